The fourth-order valence-corrected chi connectivity index (χ4v) is 3.63. The Balaban J connectivity index is 2.82. The Morgan fingerprint density at radius 2 is 1.71 bits per heavy atom. The molecule has 0 aromatic heterocycles. The molecule has 0 aliphatic rings. The first-order valence-electron chi connectivity index (χ1n) is 6.70. The lowest BCUT2D eigenvalue weighted by atomic mass is 10.0. The summed E-state index contributed by atoms with van der Waals surface area (Å²) in [7, 11) is -6.95. The van der Waals surface area contributed by atoms with Crippen molar-refractivity contribution in [1.82, 2.24) is 0 Å². The second-order valence-corrected chi connectivity index (χ2v) is 9.46. The Labute approximate surface area is 127 Å². The smallest absolute Gasteiger partial charge is 0.309 e. The third kappa shape index (κ3) is 6.48. The highest BCUT2D eigenvalue weighted by molar-refractivity contribution is 7.90. The Hall–Kier alpha value is -1.08. The zero-order valence-electron chi connectivity index (χ0n) is 12.8. The molecule has 0 radical (unpaired) electrons. The topological polar surface area (TPSA) is 77.5 Å². The molecule has 0 heterocycles. The average Bonchev–Trinajstić information content (AvgIpc) is 2.29. The van der Waals surface area contributed by atoms with E-state index in [0.29, 0.717) is 5.75 Å². The zero-order valence-corrected chi connectivity index (χ0v) is 14.4. The molecule has 1 aromatic rings. The number of hydrogen-bond donors (Lipinski definition) is 0. The van der Waals surface area contributed by atoms with Crippen molar-refractivity contribution in [3.8, 4) is 5.75 Å². The van der Waals surface area contributed by atoms with E-state index in [1.54, 1.807) is 13.0 Å². The van der Waals surface area contributed by atoms with Crippen LogP contribution in [0.5, 0.6) is 5.75 Å². The zero-order chi connectivity index (χ0) is 16.3. The summed E-state index contributed by atoms with van der Waals surface area (Å²) in [5, 5.41) is 0. The molecule has 1 rings (SSSR count). The van der Waals surface area contributed by atoms with Crippen LogP contribution in [0.3, 0.4) is 0 Å². The normalized spacial score (nSPS) is 12.6. The van der Waals surface area contributed by atoms with E-state index in [-0.39, 0.29) is 23.8 Å². The molecule has 7 heteroatoms. The summed E-state index contributed by atoms with van der Waals surface area (Å²) in [4.78, 5) is 0. The molecule has 1 aromatic carbocycles. The molecule has 21 heavy (non-hydrogen) atoms. The molecule has 0 bridgehead atoms. The van der Waals surface area contributed by atoms with E-state index in [4.69, 9.17) is 4.18 Å². The second kappa shape index (κ2) is 6.79. The third-order valence-corrected chi connectivity index (χ3v) is 5.26. The molecule has 0 aliphatic carbocycles. The van der Waals surface area contributed by atoms with Gasteiger partial charge in [-0.05, 0) is 36.5 Å². The van der Waals surface area contributed by atoms with Crippen LogP contribution in [0, 0.1) is 6.92 Å². The lowest BCUT2D eigenvalue weighted by molar-refractivity contribution is 0.482. The van der Waals surface area contributed by atoms with Gasteiger partial charge < -0.3 is 4.18 Å². The Morgan fingerprint density at radius 1 is 1.10 bits per heavy atom. The summed E-state index contributed by atoms with van der Waals surface area (Å²) in [5.41, 5.74) is 1.72. The molecule has 0 atom stereocenters. The van der Waals surface area contributed by atoms with Crippen LogP contribution < -0.4 is 4.18 Å². The first kappa shape index (κ1) is 18.0. The van der Waals surface area contributed by atoms with E-state index in [2.05, 4.69) is 0 Å². The predicted molar refractivity (Wildman–Crippen MR) is 84.0 cm³/mol. The molecule has 0 amide bonds. The van der Waals surface area contributed by atoms with Crippen molar-refractivity contribution >= 4 is 20.0 Å². The Bertz CT molecular complexity index is 688. The molecule has 0 spiro atoms. The van der Waals surface area contributed by atoms with E-state index < -0.39 is 20.0 Å². The van der Waals surface area contributed by atoms with Crippen molar-refractivity contribution < 1.29 is 21.0 Å². The number of aryl methyl sites for hydroxylation is 1. The molecule has 0 N–H and O–H groups in total. The maximum atomic E-state index is 11.9. The molecule has 5 nitrogen and oxygen atoms in total. The van der Waals surface area contributed by atoms with Gasteiger partial charge in [0.05, 0.1) is 11.5 Å². The first-order chi connectivity index (χ1) is 9.50. The van der Waals surface area contributed by atoms with Gasteiger partial charge >= 0.3 is 10.1 Å². The molecule has 120 valence electrons. The average molecular weight is 334 g/mol. The van der Waals surface area contributed by atoms with Crippen molar-refractivity contribution in [2.45, 2.75) is 33.1 Å². The minimum Gasteiger partial charge on any atom is -0.382 e. The van der Waals surface area contributed by atoms with Crippen LogP contribution in [0.2, 0.25) is 0 Å². The largest absolute Gasteiger partial charge is 0.382 e. The van der Waals surface area contributed by atoms with Gasteiger partial charge in [0.25, 0.3) is 0 Å². The van der Waals surface area contributed by atoms with Crippen LogP contribution in [0.15, 0.2) is 18.2 Å². The summed E-state index contributed by atoms with van der Waals surface area (Å²) in [6.07, 6.45) is 1.11. The van der Waals surface area contributed by atoms with Crippen LogP contribution in [-0.2, 0) is 20.0 Å². The lowest BCUT2D eigenvalue weighted by Crippen LogP contribution is -2.17. The second-order valence-electron chi connectivity index (χ2n) is 5.51. The minimum absolute atomic E-state index is 0.0318. The highest BCUT2D eigenvalue weighted by Crippen LogP contribution is 2.25. The lowest BCUT2D eigenvalue weighted by Gasteiger charge is -2.12. The van der Waals surface area contributed by atoms with E-state index in [1.165, 1.54) is 0 Å². The number of rotatable bonds is 7. The van der Waals surface area contributed by atoms with Crippen LogP contribution in [0.25, 0.3) is 0 Å². The molecule has 0 fully saturated rings. The van der Waals surface area contributed by atoms with Crippen molar-refractivity contribution in [2.75, 3.05) is 17.8 Å². The Morgan fingerprint density at radius 3 is 2.24 bits per heavy atom. The molecule has 0 aliphatic heterocycles. The minimum atomic E-state index is -3.79. The SMILES string of the molecule is Cc1ccc(C(C)C)cc1OS(=O)(=O)CCCS(C)(=O)=O. The van der Waals surface area contributed by atoms with Gasteiger partial charge in [-0.15, -0.1) is 0 Å². The highest BCUT2D eigenvalue weighted by atomic mass is 32.2. The predicted octanol–water partition coefficient (Wildman–Crippen LogP) is 2.26. The van der Waals surface area contributed by atoms with Gasteiger partial charge in [-0.1, -0.05) is 26.0 Å². The van der Waals surface area contributed by atoms with Gasteiger partial charge in [-0.3, -0.25) is 0 Å². The molecule has 0 saturated carbocycles. The van der Waals surface area contributed by atoms with Crippen molar-refractivity contribution in [2.24, 2.45) is 0 Å². The van der Waals surface area contributed by atoms with Gasteiger partial charge in [0.15, 0.2) is 0 Å². The van der Waals surface area contributed by atoms with Crippen LogP contribution in [0.4, 0.5) is 0 Å². The number of benzene rings is 1. The van der Waals surface area contributed by atoms with Crippen molar-refractivity contribution in [1.29, 1.82) is 0 Å². The molecular weight excluding hydrogens is 312 g/mol. The molecule has 0 unspecified atom stereocenters. The maximum Gasteiger partial charge on any atom is 0.309 e. The van der Waals surface area contributed by atoms with Crippen LogP contribution in [0.1, 0.15) is 37.3 Å². The monoisotopic (exact) mass is 334 g/mol. The van der Waals surface area contributed by atoms with Gasteiger partial charge in [-0.2, -0.15) is 8.42 Å². The van der Waals surface area contributed by atoms with Gasteiger partial charge in [0.1, 0.15) is 15.6 Å². The summed E-state index contributed by atoms with van der Waals surface area (Å²) < 4.78 is 50.9. The van der Waals surface area contributed by atoms with Crippen molar-refractivity contribution in [3.63, 3.8) is 0 Å². The van der Waals surface area contributed by atoms with Crippen LogP contribution >= 0.6 is 0 Å². The summed E-state index contributed by atoms with van der Waals surface area (Å²) in [5.74, 6) is 0.0906. The quantitative estimate of drug-likeness (QED) is 0.715. The van der Waals surface area contributed by atoms with E-state index in [1.807, 2.05) is 26.0 Å². The van der Waals surface area contributed by atoms with E-state index in [9.17, 15) is 16.8 Å². The van der Waals surface area contributed by atoms with Crippen molar-refractivity contribution in [3.05, 3.63) is 29.3 Å². The maximum absolute atomic E-state index is 11.9. The highest BCUT2D eigenvalue weighted by Gasteiger charge is 2.16. The fraction of sp³-hybridized carbons (Fsp3) is 0.571. The third-order valence-electron chi connectivity index (χ3n) is 3.01. The van der Waals surface area contributed by atoms with Gasteiger partial charge in [-0.25, -0.2) is 8.42 Å². The fourth-order valence-electron chi connectivity index (χ4n) is 1.74. The number of sulfone groups is 1. The standard InChI is InChI=1S/C14H22O5S2/c1-11(2)13-7-6-12(3)14(10-13)19-21(17,18)9-5-8-20(4,15)16/h6-7,10-11H,5,8-9H2,1-4H3. The van der Waals surface area contributed by atoms with Gasteiger partial charge in [0, 0.05) is 6.26 Å². The first-order valence-corrected chi connectivity index (χ1v) is 10.3. The summed E-state index contributed by atoms with van der Waals surface area (Å²) in [6, 6.07) is 5.47. The van der Waals surface area contributed by atoms with Gasteiger partial charge in [0.2, 0.25) is 0 Å². The number of hydrogen-bond acceptors (Lipinski definition) is 5. The van der Waals surface area contributed by atoms with Crippen LogP contribution in [-0.4, -0.2) is 34.6 Å². The summed E-state index contributed by atoms with van der Waals surface area (Å²) >= 11 is 0. The molecular formula is C14H22O5S2. The molecule has 0 saturated heterocycles. The Kier molecular flexibility index (Phi) is 5.81. The van der Waals surface area contributed by atoms with E-state index >= 15 is 0 Å². The van der Waals surface area contributed by atoms with E-state index in [0.717, 1.165) is 17.4 Å². The summed E-state index contributed by atoms with van der Waals surface area (Å²) in [6.45, 7) is 5.79.